The Kier molecular flexibility index (Phi) is 7.99. The van der Waals surface area contributed by atoms with E-state index in [4.69, 9.17) is 4.74 Å². The molecule has 2 atom stereocenters. The fourth-order valence-electron chi connectivity index (χ4n) is 4.75. The zero-order valence-electron chi connectivity index (χ0n) is 21.2. The minimum absolute atomic E-state index is 0.123. The summed E-state index contributed by atoms with van der Waals surface area (Å²) in [5.74, 6) is -0.920. The third-order valence-corrected chi connectivity index (χ3v) is 9.04. The molecule has 2 fully saturated rings. The van der Waals surface area contributed by atoms with Crippen molar-refractivity contribution in [1.82, 2.24) is 15.1 Å². The minimum atomic E-state index is -1.23. The number of fused-ring (bicyclic) bond motifs is 1. The van der Waals surface area contributed by atoms with Crippen LogP contribution in [0.4, 0.5) is 0 Å². The van der Waals surface area contributed by atoms with Gasteiger partial charge in [-0.05, 0) is 47.9 Å². The maximum Gasteiger partial charge on any atom is 0.352 e. The highest BCUT2D eigenvalue weighted by molar-refractivity contribution is 8.00. The van der Waals surface area contributed by atoms with E-state index < -0.39 is 23.3 Å². The zero-order chi connectivity index (χ0) is 27.5. The van der Waals surface area contributed by atoms with E-state index in [-0.39, 0.29) is 23.3 Å². The summed E-state index contributed by atoms with van der Waals surface area (Å²) in [7, 11) is 1.60. The first-order valence-corrected chi connectivity index (χ1v) is 14.4. The van der Waals surface area contributed by atoms with Gasteiger partial charge in [0.25, 0.3) is 5.91 Å². The molecule has 11 heteroatoms. The average Bonchev–Trinajstić information content (AvgIpc) is 3.29. The number of nitrogens with zero attached hydrogens (tertiary/aromatic N) is 2. The Labute approximate surface area is 234 Å². The Morgan fingerprint density at radius 3 is 2.59 bits per heavy atom. The molecule has 9 nitrogen and oxygen atoms in total. The Balaban J connectivity index is 1.24. The lowest BCUT2D eigenvalue weighted by Gasteiger charge is -2.49. The number of carboxylic acids is 1. The number of aliphatic carboxylic acids is 1. The van der Waals surface area contributed by atoms with Crippen molar-refractivity contribution in [3.8, 4) is 5.75 Å². The highest BCUT2D eigenvalue weighted by Crippen LogP contribution is 2.41. The quantitative estimate of drug-likeness (QED) is 0.271. The molecule has 3 aliphatic heterocycles. The van der Waals surface area contributed by atoms with Gasteiger partial charge in [-0.15, -0.1) is 23.5 Å². The van der Waals surface area contributed by atoms with E-state index in [1.54, 1.807) is 18.1 Å². The van der Waals surface area contributed by atoms with Crippen molar-refractivity contribution in [3.05, 3.63) is 83.1 Å². The van der Waals surface area contributed by atoms with Gasteiger partial charge in [-0.2, -0.15) is 0 Å². The van der Waals surface area contributed by atoms with E-state index in [9.17, 15) is 24.3 Å². The number of methoxy groups -OCH3 is 1. The first kappa shape index (κ1) is 26.9. The first-order chi connectivity index (χ1) is 18.9. The van der Waals surface area contributed by atoms with Crippen LogP contribution in [0.2, 0.25) is 0 Å². The second-order valence-electron chi connectivity index (χ2n) is 9.23. The molecule has 0 aliphatic carbocycles. The van der Waals surface area contributed by atoms with Gasteiger partial charge in [-0.25, -0.2) is 4.79 Å². The number of nitrogens with one attached hydrogen (secondary N) is 1. The summed E-state index contributed by atoms with van der Waals surface area (Å²) in [5.41, 5.74) is 1.79. The summed E-state index contributed by atoms with van der Waals surface area (Å²) >= 11 is 2.75. The van der Waals surface area contributed by atoms with E-state index in [1.165, 1.54) is 28.4 Å². The SMILES string of the molecule is COc1ccc(CN2CC/C(=C\C3=C(C(=O)O)N4C(=O)[C@@H](NC(=O)CSc5ccccc5)[C@H]4SC3)C2=O)cc1. The van der Waals surface area contributed by atoms with Crippen molar-refractivity contribution in [2.75, 3.05) is 25.2 Å². The van der Waals surface area contributed by atoms with Crippen molar-refractivity contribution in [2.24, 2.45) is 0 Å². The van der Waals surface area contributed by atoms with Crippen molar-refractivity contribution in [2.45, 2.75) is 29.3 Å². The lowest BCUT2D eigenvalue weighted by Crippen LogP contribution is -2.70. The van der Waals surface area contributed by atoms with E-state index >= 15 is 0 Å². The second kappa shape index (κ2) is 11.6. The highest BCUT2D eigenvalue weighted by Gasteiger charge is 2.54. The molecule has 0 aromatic heterocycles. The molecular formula is C28H27N3O6S2. The standard InChI is InChI=1S/C28H27N3O6S2/c1-37-20-9-7-17(8-10-20)14-30-12-11-18(25(30)33)13-19-15-39-27-23(26(34)31(27)24(19)28(35)36)29-22(32)16-38-21-5-3-2-4-6-21/h2-10,13,23,27H,11-12,14-16H2,1H3,(H,29,32)(H,35,36)/b18-13+/t23-,27-/m1/s1. The van der Waals surface area contributed by atoms with Gasteiger partial charge in [-0.1, -0.05) is 30.3 Å². The van der Waals surface area contributed by atoms with Gasteiger partial charge in [0.1, 0.15) is 22.9 Å². The highest BCUT2D eigenvalue weighted by atomic mass is 32.2. The molecule has 2 aromatic rings. The van der Waals surface area contributed by atoms with Gasteiger partial charge < -0.3 is 20.1 Å². The van der Waals surface area contributed by atoms with Crippen LogP contribution in [-0.2, 0) is 25.7 Å². The monoisotopic (exact) mass is 565 g/mol. The number of amides is 3. The van der Waals surface area contributed by atoms with Crippen LogP contribution in [-0.4, -0.2) is 75.2 Å². The molecule has 3 amide bonds. The lowest BCUT2D eigenvalue weighted by atomic mass is 10.0. The molecule has 2 N–H and O–H groups in total. The van der Waals surface area contributed by atoms with Gasteiger partial charge in [0.2, 0.25) is 11.8 Å². The van der Waals surface area contributed by atoms with E-state index in [2.05, 4.69) is 5.32 Å². The smallest absolute Gasteiger partial charge is 0.352 e. The number of allylic oxidation sites excluding steroid dienone is 1. The van der Waals surface area contributed by atoms with Gasteiger partial charge in [0.15, 0.2) is 0 Å². The number of benzene rings is 2. The van der Waals surface area contributed by atoms with Crippen LogP contribution < -0.4 is 10.1 Å². The molecule has 0 saturated carbocycles. The average molecular weight is 566 g/mol. The second-order valence-corrected chi connectivity index (χ2v) is 11.4. The number of ether oxygens (including phenoxy) is 1. The summed E-state index contributed by atoms with van der Waals surface area (Å²) in [4.78, 5) is 54.6. The van der Waals surface area contributed by atoms with E-state index in [0.717, 1.165) is 16.2 Å². The number of β-lactam (4-membered cyclic amide) rings is 1. The lowest BCUT2D eigenvalue weighted by molar-refractivity contribution is -0.150. The number of thioether (sulfide) groups is 2. The van der Waals surface area contributed by atoms with Crippen LogP contribution in [0, 0.1) is 0 Å². The summed E-state index contributed by atoms with van der Waals surface area (Å²) in [5, 5.41) is 12.2. The Morgan fingerprint density at radius 2 is 1.90 bits per heavy atom. The largest absolute Gasteiger partial charge is 0.497 e. The summed E-state index contributed by atoms with van der Waals surface area (Å²) in [6.45, 7) is 0.969. The minimum Gasteiger partial charge on any atom is -0.497 e. The third-order valence-electron chi connectivity index (χ3n) is 6.72. The van der Waals surface area contributed by atoms with Crippen LogP contribution in [0.1, 0.15) is 12.0 Å². The van der Waals surface area contributed by atoms with Gasteiger partial charge >= 0.3 is 5.97 Å². The Hall–Kier alpha value is -3.70. The molecule has 0 spiro atoms. The number of likely N-dealkylation sites (tertiary alicyclic amines) is 1. The molecule has 202 valence electrons. The van der Waals surface area contributed by atoms with Crippen molar-refractivity contribution in [3.63, 3.8) is 0 Å². The molecule has 3 heterocycles. The summed E-state index contributed by atoms with van der Waals surface area (Å²) < 4.78 is 5.18. The fraction of sp³-hybridized carbons (Fsp3) is 0.286. The number of hydrogen-bond donors (Lipinski definition) is 2. The Bertz CT molecular complexity index is 1360. The molecule has 2 aromatic carbocycles. The van der Waals surface area contributed by atoms with Crippen molar-refractivity contribution in [1.29, 1.82) is 0 Å². The number of hydrogen-bond acceptors (Lipinski definition) is 7. The molecule has 39 heavy (non-hydrogen) atoms. The number of carboxylic acid groups (broad SMARTS) is 1. The number of rotatable bonds is 9. The number of carbonyl (C=O) groups excluding carboxylic acids is 3. The molecule has 0 bridgehead atoms. The van der Waals surface area contributed by atoms with Crippen molar-refractivity contribution >= 4 is 47.2 Å². The molecule has 0 radical (unpaired) electrons. The van der Waals surface area contributed by atoms with Crippen LogP contribution >= 0.6 is 23.5 Å². The first-order valence-electron chi connectivity index (χ1n) is 12.4. The number of carbonyl (C=O) groups is 4. The predicted molar refractivity (Wildman–Crippen MR) is 148 cm³/mol. The normalized spacial score (nSPS) is 21.6. The van der Waals surface area contributed by atoms with Crippen molar-refractivity contribution < 1.29 is 29.0 Å². The van der Waals surface area contributed by atoms with E-state index in [0.29, 0.717) is 36.4 Å². The molecular weight excluding hydrogens is 538 g/mol. The molecule has 2 saturated heterocycles. The van der Waals surface area contributed by atoms with E-state index in [1.807, 2.05) is 54.6 Å². The molecule has 3 aliphatic rings. The summed E-state index contributed by atoms with van der Waals surface area (Å²) in [6.07, 6.45) is 2.11. The molecule has 0 unspecified atom stereocenters. The predicted octanol–water partition coefficient (Wildman–Crippen LogP) is 2.88. The van der Waals surface area contributed by atoms with Crippen LogP contribution in [0.3, 0.4) is 0 Å². The molecule has 5 rings (SSSR count). The summed E-state index contributed by atoms with van der Waals surface area (Å²) in [6, 6.07) is 16.2. The maximum absolute atomic E-state index is 13.1. The fourth-order valence-corrected chi connectivity index (χ4v) is 6.78. The zero-order valence-corrected chi connectivity index (χ0v) is 22.8. The van der Waals surface area contributed by atoms with Gasteiger partial charge in [0, 0.05) is 29.3 Å². The van der Waals surface area contributed by atoms with Gasteiger partial charge in [-0.3, -0.25) is 19.3 Å². The maximum atomic E-state index is 13.1. The van der Waals surface area contributed by atoms with Crippen LogP contribution in [0.5, 0.6) is 5.75 Å². The van der Waals surface area contributed by atoms with Gasteiger partial charge in [0.05, 0.1) is 12.9 Å². The Morgan fingerprint density at radius 1 is 1.15 bits per heavy atom. The van der Waals surface area contributed by atoms with Crippen LogP contribution in [0.25, 0.3) is 0 Å². The van der Waals surface area contributed by atoms with Crippen LogP contribution in [0.15, 0.2) is 82.4 Å². The topological polar surface area (TPSA) is 116 Å². The third kappa shape index (κ3) is 5.69.